The first-order chi connectivity index (χ1) is 7.02. The molecule has 0 aliphatic rings. The van der Waals surface area contributed by atoms with Crippen molar-refractivity contribution in [3.63, 3.8) is 0 Å². The van der Waals surface area contributed by atoms with E-state index in [2.05, 4.69) is 0 Å². The van der Waals surface area contributed by atoms with E-state index in [4.69, 9.17) is 16.7 Å². The number of hydrogen-bond acceptors (Lipinski definition) is 2. The fourth-order valence-corrected chi connectivity index (χ4v) is 2.71. The average molecular weight is 247 g/mol. The molecule has 1 aromatic rings. The highest BCUT2D eigenvalue weighted by molar-refractivity contribution is 7.85. The quantitative estimate of drug-likeness (QED) is 0.887. The van der Waals surface area contributed by atoms with E-state index < -0.39 is 22.0 Å². The van der Waals surface area contributed by atoms with Crippen molar-refractivity contribution in [3.05, 3.63) is 29.3 Å². The standard InChI is InChI=1S/C10H11ClO3S/c1-7(6-10(12)13)15(14)9-5-3-2-4-8(9)11/h2-5,7H,6H2,1H3,(H,12,13)/t7-,15?/m1/s1. The first-order valence-electron chi connectivity index (χ1n) is 4.39. The number of carbonyl (C=O) groups is 1. The van der Waals surface area contributed by atoms with Gasteiger partial charge in [0.1, 0.15) is 0 Å². The summed E-state index contributed by atoms with van der Waals surface area (Å²) < 4.78 is 11.9. The third-order valence-electron chi connectivity index (χ3n) is 1.88. The molecule has 0 bridgehead atoms. The fraction of sp³-hybridized carbons (Fsp3) is 0.300. The van der Waals surface area contributed by atoms with Crippen LogP contribution in [0.2, 0.25) is 5.02 Å². The van der Waals surface area contributed by atoms with Gasteiger partial charge >= 0.3 is 5.97 Å². The Hall–Kier alpha value is -0.870. The Balaban J connectivity index is 2.85. The van der Waals surface area contributed by atoms with Crippen molar-refractivity contribution in [1.82, 2.24) is 0 Å². The van der Waals surface area contributed by atoms with Crippen LogP contribution in [0.1, 0.15) is 13.3 Å². The Bertz CT molecular complexity index is 392. The van der Waals surface area contributed by atoms with E-state index in [-0.39, 0.29) is 6.42 Å². The molecule has 0 heterocycles. The van der Waals surface area contributed by atoms with Gasteiger partial charge in [-0.1, -0.05) is 23.7 Å². The maximum atomic E-state index is 11.9. The largest absolute Gasteiger partial charge is 0.481 e. The SMILES string of the molecule is C[C@H](CC(=O)O)S(=O)c1ccccc1Cl. The zero-order valence-corrected chi connectivity index (χ0v) is 9.72. The van der Waals surface area contributed by atoms with E-state index in [1.807, 2.05) is 0 Å². The molecule has 1 N–H and O–H groups in total. The minimum atomic E-state index is -1.37. The molecular formula is C10H11ClO3S. The zero-order chi connectivity index (χ0) is 11.4. The van der Waals surface area contributed by atoms with Gasteiger partial charge in [-0.05, 0) is 19.1 Å². The van der Waals surface area contributed by atoms with Gasteiger partial charge in [-0.2, -0.15) is 0 Å². The first-order valence-corrected chi connectivity index (χ1v) is 5.98. The van der Waals surface area contributed by atoms with E-state index in [1.165, 1.54) is 0 Å². The van der Waals surface area contributed by atoms with Crippen LogP contribution in [-0.4, -0.2) is 20.5 Å². The van der Waals surface area contributed by atoms with E-state index in [9.17, 15) is 9.00 Å². The molecular weight excluding hydrogens is 236 g/mol. The Morgan fingerprint density at radius 3 is 2.67 bits per heavy atom. The van der Waals surface area contributed by atoms with E-state index in [1.54, 1.807) is 31.2 Å². The second-order valence-electron chi connectivity index (χ2n) is 3.14. The average Bonchev–Trinajstić information content (AvgIpc) is 2.16. The van der Waals surface area contributed by atoms with Crippen molar-refractivity contribution in [2.24, 2.45) is 0 Å². The number of halogens is 1. The van der Waals surface area contributed by atoms with Gasteiger partial charge < -0.3 is 5.11 Å². The topological polar surface area (TPSA) is 54.4 Å². The molecule has 0 aliphatic carbocycles. The van der Waals surface area contributed by atoms with Gasteiger partial charge in [-0.15, -0.1) is 0 Å². The van der Waals surface area contributed by atoms with Gasteiger partial charge in [-0.3, -0.25) is 9.00 Å². The molecule has 0 aromatic heterocycles. The lowest BCUT2D eigenvalue weighted by molar-refractivity contribution is -0.136. The van der Waals surface area contributed by atoms with Crippen LogP contribution in [-0.2, 0) is 15.6 Å². The monoisotopic (exact) mass is 246 g/mol. The van der Waals surface area contributed by atoms with Crippen LogP contribution < -0.4 is 0 Å². The maximum absolute atomic E-state index is 11.9. The summed E-state index contributed by atoms with van der Waals surface area (Å²) >= 11 is 5.86. The molecule has 2 atom stereocenters. The predicted molar refractivity (Wildman–Crippen MR) is 59.6 cm³/mol. The molecule has 82 valence electrons. The molecule has 0 amide bonds. The lowest BCUT2D eigenvalue weighted by Gasteiger charge is -2.09. The Labute approximate surface area is 95.5 Å². The van der Waals surface area contributed by atoms with E-state index >= 15 is 0 Å². The van der Waals surface area contributed by atoms with Crippen LogP contribution in [0.15, 0.2) is 29.2 Å². The van der Waals surface area contributed by atoms with Crippen LogP contribution in [0.4, 0.5) is 0 Å². The predicted octanol–water partition coefficient (Wildman–Crippen LogP) is 2.31. The highest BCUT2D eigenvalue weighted by atomic mass is 35.5. The Morgan fingerprint density at radius 1 is 1.53 bits per heavy atom. The number of carboxylic acids is 1. The molecule has 0 saturated carbocycles. The van der Waals surface area contributed by atoms with Gasteiger partial charge in [0.2, 0.25) is 0 Å². The van der Waals surface area contributed by atoms with Crippen molar-refractivity contribution in [2.75, 3.05) is 0 Å². The molecule has 3 nitrogen and oxygen atoms in total. The minimum absolute atomic E-state index is 0.127. The summed E-state index contributed by atoms with van der Waals surface area (Å²) in [7, 11) is -1.37. The van der Waals surface area contributed by atoms with Crippen molar-refractivity contribution < 1.29 is 14.1 Å². The van der Waals surface area contributed by atoms with Crippen molar-refractivity contribution in [3.8, 4) is 0 Å². The zero-order valence-electron chi connectivity index (χ0n) is 8.14. The van der Waals surface area contributed by atoms with Crippen LogP contribution in [0.25, 0.3) is 0 Å². The molecule has 0 spiro atoms. The summed E-state index contributed by atoms with van der Waals surface area (Å²) in [5.41, 5.74) is 0. The summed E-state index contributed by atoms with van der Waals surface area (Å²) in [6, 6.07) is 6.76. The van der Waals surface area contributed by atoms with Crippen molar-refractivity contribution in [1.29, 1.82) is 0 Å². The molecule has 5 heteroatoms. The van der Waals surface area contributed by atoms with Crippen LogP contribution >= 0.6 is 11.6 Å². The third kappa shape index (κ3) is 3.32. The summed E-state index contributed by atoms with van der Waals surface area (Å²) in [6.07, 6.45) is -0.127. The fourth-order valence-electron chi connectivity index (χ4n) is 1.15. The van der Waals surface area contributed by atoms with E-state index in [0.29, 0.717) is 9.92 Å². The molecule has 1 rings (SSSR count). The molecule has 0 radical (unpaired) electrons. The summed E-state index contributed by atoms with van der Waals surface area (Å²) in [6.45, 7) is 1.63. The lowest BCUT2D eigenvalue weighted by atomic mass is 10.3. The summed E-state index contributed by atoms with van der Waals surface area (Å²) in [4.78, 5) is 11.0. The number of aliphatic carboxylic acids is 1. The highest BCUT2D eigenvalue weighted by Gasteiger charge is 2.18. The van der Waals surface area contributed by atoms with Gasteiger partial charge in [-0.25, -0.2) is 0 Å². The normalized spacial score (nSPS) is 14.5. The summed E-state index contributed by atoms with van der Waals surface area (Å²) in [5.74, 6) is -0.956. The molecule has 1 aromatic carbocycles. The number of carboxylic acid groups (broad SMARTS) is 1. The Kier molecular flexibility index (Phi) is 4.29. The second kappa shape index (κ2) is 5.28. The van der Waals surface area contributed by atoms with Crippen LogP contribution in [0.3, 0.4) is 0 Å². The smallest absolute Gasteiger partial charge is 0.304 e. The van der Waals surface area contributed by atoms with Gasteiger partial charge in [0, 0.05) is 5.25 Å². The number of rotatable bonds is 4. The van der Waals surface area contributed by atoms with Gasteiger partial charge in [0.05, 0.1) is 27.1 Å². The molecule has 1 unspecified atom stereocenters. The Morgan fingerprint density at radius 2 is 2.13 bits per heavy atom. The first kappa shape index (κ1) is 12.2. The van der Waals surface area contributed by atoms with Crippen LogP contribution in [0, 0.1) is 0 Å². The number of hydrogen-bond donors (Lipinski definition) is 1. The lowest BCUT2D eigenvalue weighted by Crippen LogP contribution is -2.16. The molecule has 0 aliphatic heterocycles. The van der Waals surface area contributed by atoms with E-state index in [0.717, 1.165) is 0 Å². The van der Waals surface area contributed by atoms with Crippen molar-refractivity contribution in [2.45, 2.75) is 23.5 Å². The van der Waals surface area contributed by atoms with Crippen molar-refractivity contribution >= 4 is 28.4 Å². The molecule has 0 saturated heterocycles. The molecule has 0 fully saturated rings. The number of benzene rings is 1. The van der Waals surface area contributed by atoms with Gasteiger partial charge in [0.15, 0.2) is 0 Å². The van der Waals surface area contributed by atoms with Crippen LogP contribution in [0.5, 0.6) is 0 Å². The highest BCUT2D eigenvalue weighted by Crippen LogP contribution is 2.22. The second-order valence-corrected chi connectivity index (χ2v) is 5.38. The minimum Gasteiger partial charge on any atom is -0.481 e. The van der Waals surface area contributed by atoms with Gasteiger partial charge in [0.25, 0.3) is 0 Å². The third-order valence-corrected chi connectivity index (χ3v) is 4.01. The maximum Gasteiger partial charge on any atom is 0.304 e. The summed E-state index contributed by atoms with van der Waals surface area (Å²) in [5, 5.41) is 8.55. The molecule has 15 heavy (non-hydrogen) atoms.